The zero-order valence-electron chi connectivity index (χ0n) is 6.88. The predicted molar refractivity (Wildman–Crippen MR) is 47.0 cm³/mol. The minimum Gasteiger partial charge on any atom is -0.453 e. The predicted octanol–water partition coefficient (Wildman–Crippen LogP) is 1.08. The Morgan fingerprint density at radius 2 is 2.36 bits per heavy atom. The highest BCUT2D eigenvalue weighted by Gasteiger charge is 2.01. The number of amidine groups is 1. The maximum absolute atomic E-state index is 10.6. The minimum atomic E-state index is -0.480. The highest BCUT2D eigenvalue weighted by molar-refractivity contribution is 8.13. The third kappa shape index (κ3) is 4.66. The summed E-state index contributed by atoms with van der Waals surface area (Å²) in [5, 5.41) is 3.05. The Morgan fingerprint density at radius 3 is 2.73 bits per heavy atom. The van der Waals surface area contributed by atoms with E-state index < -0.39 is 6.09 Å². The van der Waals surface area contributed by atoms with E-state index in [9.17, 15) is 4.79 Å². The molecule has 1 N–H and O–H groups in total. The lowest BCUT2D eigenvalue weighted by molar-refractivity contribution is 0.177. The fourth-order valence-corrected chi connectivity index (χ4v) is 0.881. The second-order valence-electron chi connectivity index (χ2n) is 1.60. The first kappa shape index (κ1) is 10.3. The second kappa shape index (κ2) is 6.03. The van der Waals surface area contributed by atoms with E-state index in [2.05, 4.69) is 15.0 Å². The van der Waals surface area contributed by atoms with Gasteiger partial charge in [-0.15, -0.1) is 0 Å². The van der Waals surface area contributed by atoms with Gasteiger partial charge in [-0.3, -0.25) is 10.3 Å². The number of aliphatic imine (C=N–C) groups is 1. The van der Waals surface area contributed by atoms with Gasteiger partial charge in [-0.2, -0.15) is 0 Å². The molecule has 0 aromatic rings. The number of carbonyl (C=O) groups excluding carboxylic acids is 1. The van der Waals surface area contributed by atoms with Crippen molar-refractivity contribution in [3.63, 3.8) is 0 Å². The Morgan fingerprint density at radius 1 is 1.73 bits per heavy atom. The Balaban J connectivity index is 3.87. The summed E-state index contributed by atoms with van der Waals surface area (Å²) in [6.07, 6.45) is 1.36. The highest BCUT2D eigenvalue weighted by Crippen LogP contribution is 1.94. The molecule has 0 fully saturated rings. The number of carbonyl (C=O) groups is 1. The normalized spacial score (nSPS) is 11.0. The average Bonchev–Trinajstić information content (AvgIpc) is 2.03. The Labute approximate surface area is 70.4 Å². The van der Waals surface area contributed by atoms with E-state index >= 15 is 0 Å². The molecular formula is C6H12N2O2S. The first-order valence-corrected chi connectivity index (χ1v) is 4.40. The molecule has 64 valence electrons. The second-order valence-corrected chi connectivity index (χ2v) is 2.40. The molecule has 0 aliphatic heterocycles. The van der Waals surface area contributed by atoms with Crippen LogP contribution in [0.25, 0.3) is 0 Å². The van der Waals surface area contributed by atoms with Gasteiger partial charge in [0.1, 0.15) is 0 Å². The van der Waals surface area contributed by atoms with Crippen molar-refractivity contribution in [3.05, 3.63) is 0 Å². The molecule has 0 saturated heterocycles. The van der Waals surface area contributed by atoms with Gasteiger partial charge < -0.3 is 4.74 Å². The maximum Gasteiger partial charge on any atom is 0.412 e. The van der Waals surface area contributed by atoms with Crippen molar-refractivity contribution in [1.82, 2.24) is 5.32 Å². The lowest BCUT2D eigenvalue weighted by Gasteiger charge is -2.02. The number of amides is 1. The van der Waals surface area contributed by atoms with Crippen LogP contribution in [0.5, 0.6) is 0 Å². The van der Waals surface area contributed by atoms with Gasteiger partial charge in [0.05, 0.1) is 7.11 Å². The molecular weight excluding hydrogens is 164 g/mol. The Hall–Kier alpha value is -0.710. The number of thioether (sulfide) groups is 1. The topological polar surface area (TPSA) is 50.7 Å². The molecule has 0 aromatic heterocycles. The summed E-state index contributed by atoms with van der Waals surface area (Å²) in [6.45, 7) is 2.55. The van der Waals surface area contributed by atoms with Crippen LogP contribution in [0.4, 0.5) is 4.79 Å². The van der Waals surface area contributed by atoms with Gasteiger partial charge in [-0.1, -0.05) is 11.8 Å². The van der Waals surface area contributed by atoms with Crippen LogP contribution in [0.15, 0.2) is 4.99 Å². The standard InChI is InChI=1S/C6H12N2O2S/c1-4-7-5(11-3)8-6(9)10-2/h4H2,1-3H3,(H,7,8,9). The van der Waals surface area contributed by atoms with E-state index in [1.165, 1.54) is 18.9 Å². The first-order valence-electron chi connectivity index (χ1n) is 3.18. The summed E-state index contributed by atoms with van der Waals surface area (Å²) in [5.74, 6) is 0. The molecule has 4 nitrogen and oxygen atoms in total. The van der Waals surface area contributed by atoms with Gasteiger partial charge in [0.2, 0.25) is 0 Å². The summed E-state index contributed by atoms with van der Waals surface area (Å²) in [5.41, 5.74) is 0. The number of nitrogens with one attached hydrogen (secondary N) is 1. The minimum absolute atomic E-state index is 0.480. The van der Waals surface area contributed by atoms with E-state index in [4.69, 9.17) is 0 Å². The molecule has 0 heterocycles. The Kier molecular flexibility index (Phi) is 5.64. The number of alkyl carbamates (subject to hydrolysis) is 1. The van der Waals surface area contributed by atoms with E-state index in [-0.39, 0.29) is 0 Å². The monoisotopic (exact) mass is 176 g/mol. The van der Waals surface area contributed by atoms with Crippen molar-refractivity contribution in [2.45, 2.75) is 6.92 Å². The van der Waals surface area contributed by atoms with Crippen LogP contribution in [-0.4, -0.2) is 31.2 Å². The number of hydrogen-bond acceptors (Lipinski definition) is 4. The molecule has 0 bridgehead atoms. The highest BCUT2D eigenvalue weighted by atomic mass is 32.2. The van der Waals surface area contributed by atoms with Crippen LogP contribution in [0, 0.1) is 0 Å². The van der Waals surface area contributed by atoms with E-state index in [1.54, 1.807) is 0 Å². The van der Waals surface area contributed by atoms with Gasteiger partial charge in [0.15, 0.2) is 5.17 Å². The summed E-state index contributed by atoms with van der Waals surface area (Å²) in [7, 11) is 1.32. The van der Waals surface area contributed by atoms with Crippen LogP contribution in [0.3, 0.4) is 0 Å². The number of hydrogen-bond donors (Lipinski definition) is 1. The van der Waals surface area contributed by atoms with Crippen LogP contribution in [0.2, 0.25) is 0 Å². The van der Waals surface area contributed by atoms with Crippen molar-refractivity contribution < 1.29 is 9.53 Å². The summed E-state index contributed by atoms with van der Waals surface area (Å²) >= 11 is 1.38. The fraction of sp³-hybridized carbons (Fsp3) is 0.667. The maximum atomic E-state index is 10.6. The third-order valence-corrected chi connectivity index (χ3v) is 1.51. The molecule has 0 atom stereocenters. The quantitative estimate of drug-likeness (QED) is 0.480. The number of methoxy groups -OCH3 is 1. The molecule has 11 heavy (non-hydrogen) atoms. The average molecular weight is 176 g/mol. The molecule has 0 unspecified atom stereocenters. The molecule has 0 spiro atoms. The van der Waals surface area contributed by atoms with Gasteiger partial charge in [0, 0.05) is 6.54 Å². The molecule has 5 heteroatoms. The molecule has 0 rings (SSSR count). The zero-order chi connectivity index (χ0) is 8.69. The zero-order valence-corrected chi connectivity index (χ0v) is 7.70. The first-order chi connectivity index (χ1) is 5.24. The van der Waals surface area contributed by atoms with E-state index in [0.717, 1.165) is 0 Å². The van der Waals surface area contributed by atoms with E-state index in [0.29, 0.717) is 11.7 Å². The van der Waals surface area contributed by atoms with Crippen LogP contribution in [0.1, 0.15) is 6.92 Å². The van der Waals surface area contributed by atoms with E-state index in [1.807, 2.05) is 13.2 Å². The van der Waals surface area contributed by atoms with Crippen LogP contribution in [-0.2, 0) is 4.74 Å². The van der Waals surface area contributed by atoms with Crippen LogP contribution < -0.4 is 5.32 Å². The summed E-state index contributed by atoms with van der Waals surface area (Å²) in [6, 6.07) is 0. The van der Waals surface area contributed by atoms with Crippen molar-refractivity contribution >= 4 is 23.0 Å². The van der Waals surface area contributed by atoms with Crippen LogP contribution >= 0.6 is 11.8 Å². The number of ether oxygens (including phenoxy) is 1. The van der Waals surface area contributed by atoms with Gasteiger partial charge in [-0.05, 0) is 13.2 Å². The summed E-state index contributed by atoms with van der Waals surface area (Å²) < 4.78 is 4.38. The lowest BCUT2D eigenvalue weighted by atomic mass is 10.8. The molecule has 0 aliphatic carbocycles. The fourth-order valence-electron chi connectivity index (χ4n) is 0.437. The third-order valence-electron chi connectivity index (χ3n) is 0.889. The van der Waals surface area contributed by atoms with Crippen molar-refractivity contribution in [3.8, 4) is 0 Å². The SMILES string of the molecule is CCN=C(NC(=O)OC)SC. The lowest BCUT2D eigenvalue weighted by Crippen LogP contribution is -2.28. The van der Waals surface area contributed by atoms with Crippen molar-refractivity contribution in [2.24, 2.45) is 4.99 Å². The Bertz CT molecular complexity index is 159. The number of nitrogens with zero attached hydrogens (tertiary/aromatic N) is 1. The molecule has 1 amide bonds. The molecule has 0 aliphatic rings. The van der Waals surface area contributed by atoms with Crippen molar-refractivity contribution in [2.75, 3.05) is 19.9 Å². The van der Waals surface area contributed by atoms with Crippen molar-refractivity contribution in [1.29, 1.82) is 0 Å². The molecule has 0 aromatic carbocycles. The largest absolute Gasteiger partial charge is 0.453 e. The molecule has 0 saturated carbocycles. The van der Waals surface area contributed by atoms with Gasteiger partial charge >= 0.3 is 6.09 Å². The van der Waals surface area contributed by atoms with Gasteiger partial charge in [-0.25, -0.2) is 4.79 Å². The smallest absolute Gasteiger partial charge is 0.412 e. The van der Waals surface area contributed by atoms with Gasteiger partial charge in [0.25, 0.3) is 0 Å². The molecule has 0 radical (unpaired) electrons. The summed E-state index contributed by atoms with van der Waals surface area (Å²) in [4.78, 5) is 14.6. The number of rotatable bonds is 1.